The van der Waals surface area contributed by atoms with Crippen molar-refractivity contribution in [2.45, 2.75) is 6.92 Å². The van der Waals surface area contributed by atoms with Gasteiger partial charge in [0.1, 0.15) is 0 Å². The van der Waals surface area contributed by atoms with Gasteiger partial charge in [0.25, 0.3) is 0 Å². The van der Waals surface area contributed by atoms with Gasteiger partial charge in [0.2, 0.25) is 5.91 Å². The maximum absolute atomic E-state index is 11.9. The number of thiocarbonyl (C=S) groups is 1. The molecule has 1 atom stereocenters. The Morgan fingerprint density at radius 3 is 2.65 bits per heavy atom. The van der Waals surface area contributed by atoms with Crippen molar-refractivity contribution in [3.05, 3.63) is 0 Å². The highest BCUT2D eigenvalue weighted by Gasteiger charge is 2.19. The second-order valence-electron chi connectivity index (χ2n) is 4.49. The highest BCUT2D eigenvalue weighted by molar-refractivity contribution is 7.80. The monoisotopic (exact) mass is 259 g/mol. The zero-order valence-electron chi connectivity index (χ0n) is 10.5. The Balaban J connectivity index is 2.31. The lowest BCUT2D eigenvalue weighted by atomic mass is 10.2. The fraction of sp³-hybridized carbons (Fsp3) is 0.818. The first-order valence-corrected chi connectivity index (χ1v) is 6.25. The first-order valence-electron chi connectivity index (χ1n) is 5.84. The van der Waals surface area contributed by atoms with E-state index >= 15 is 0 Å². The summed E-state index contributed by atoms with van der Waals surface area (Å²) in [6.45, 7) is 5.75. The molecule has 0 aromatic carbocycles. The molecule has 1 rings (SSSR count). The van der Waals surface area contributed by atoms with E-state index in [1.807, 2.05) is 23.8 Å². The van der Waals surface area contributed by atoms with Gasteiger partial charge in [0, 0.05) is 25.6 Å². The second kappa shape index (κ2) is 6.88. The molecule has 2 N–H and O–H groups in total. The summed E-state index contributed by atoms with van der Waals surface area (Å²) < 4.78 is 5.21. The normalized spacial score (nSPS) is 18.2. The van der Waals surface area contributed by atoms with Crippen molar-refractivity contribution >= 4 is 23.1 Å². The molecular formula is C11H21N3O2S. The molecule has 0 aromatic heterocycles. The van der Waals surface area contributed by atoms with E-state index in [0.717, 1.165) is 0 Å². The summed E-state index contributed by atoms with van der Waals surface area (Å²) in [5.74, 6) is 0.276. The summed E-state index contributed by atoms with van der Waals surface area (Å²) in [6, 6.07) is 0. The molecule has 98 valence electrons. The molecule has 1 saturated heterocycles. The quantitative estimate of drug-likeness (QED) is 0.687. The van der Waals surface area contributed by atoms with E-state index in [4.69, 9.17) is 22.7 Å². The molecule has 17 heavy (non-hydrogen) atoms. The van der Waals surface area contributed by atoms with Gasteiger partial charge in [-0.1, -0.05) is 19.1 Å². The molecule has 0 saturated carbocycles. The Kier molecular flexibility index (Phi) is 5.80. The van der Waals surface area contributed by atoms with Crippen LogP contribution in [0.4, 0.5) is 0 Å². The van der Waals surface area contributed by atoms with Crippen LogP contribution in [-0.4, -0.2) is 67.1 Å². The molecule has 6 heteroatoms. The van der Waals surface area contributed by atoms with Crippen LogP contribution in [0.15, 0.2) is 0 Å². The lowest BCUT2D eigenvalue weighted by Gasteiger charge is -2.29. The standard InChI is InChI=1S/C11H21N3O2S/c1-9(11(12)17)7-13(2)8-10(15)14-3-5-16-6-4-14/h9H,3-8H2,1-2H3,(H2,12,17). The number of hydrogen-bond donors (Lipinski definition) is 1. The molecule has 0 bridgehead atoms. The number of amides is 1. The first kappa shape index (κ1) is 14.3. The number of carbonyl (C=O) groups is 1. The average Bonchev–Trinajstić information content (AvgIpc) is 2.29. The summed E-state index contributed by atoms with van der Waals surface area (Å²) in [7, 11) is 1.91. The van der Waals surface area contributed by atoms with Gasteiger partial charge in [-0.3, -0.25) is 9.69 Å². The molecule has 5 nitrogen and oxygen atoms in total. The molecule has 0 aromatic rings. The minimum absolute atomic E-state index is 0.132. The summed E-state index contributed by atoms with van der Waals surface area (Å²) in [5, 5.41) is 0. The Bertz CT molecular complexity index is 280. The number of carbonyl (C=O) groups excluding carboxylic acids is 1. The Morgan fingerprint density at radius 1 is 1.53 bits per heavy atom. The molecule has 0 aliphatic carbocycles. The lowest BCUT2D eigenvalue weighted by molar-refractivity contribution is -0.136. The summed E-state index contributed by atoms with van der Waals surface area (Å²) in [5.41, 5.74) is 5.55. The highest BCUT2D eigenvalue weighted by Crippen LogP contribution is 2.02. The number of ether oxygens (including phenoxy) is 1. The van der Waals surface area contributed by atoms with Crippen LogP contribution in [0.3, 0.4) is 0 Å². The van der Waals surface area contributed by atoms with Gasteiger partial charge >= 0.3 is 0 Å². The van der Waals surface area contributed by atoms with Crippen LogP contribution in [0.2, 0.25) is 0 Å². The van der Waals surface area contributed by atoms with E-state index in [-0.39, 0.29) is 11.8 Å². The van der Waals surface area contributed by atoms with Crippen LogP contribution >= 0.6 is 12.2 Å². The number of rotatable bonds is 5. The molecule has 1 fully saturated rings. The molecule has 1 amide bonds. The predicted octanol–water partition coefficient (Wildman–Crippen LogP) is -0.301. The topological polar surface area (TPSA) is 58.8 Å². The zero-order chi connectivity index (χ0) is 12.8. The van der Waals surface area contributed by atoms with E-state index in [2.05, 4.69) is 0 Å². The summed E-state index contributed by atoms with van der Waals surface area (Å²) >= 11 is 4.91. The number of nitrogens with zero attached hydrogens (tertiary/aromatic N) is 2. The first-order chi connectivity index (χ1) is 8.00. The minimum atomic E-state index is 0.132. The maximum Gasteiger partial charge on any atom is 0.236 e. The van der Waals surface area contributed by atoms with E-state index in [1.54, 1.807) is 0 Å². The van der Waals surface area contributed by atoms with Crippen molar-refractivity contribution in [1.82, 2.24) is 9.80 Å². The summed E-state index contributed by atoms with van der Waals surface area (Å²) in [4.78, 5) is 16.2. The van der Waals surface area contributed by atoms with Crippen molar-refractivity contribution in [2.24, 2.45) is 11.7 Å². The van der Waals surface area contributed by atoms with Crippen molar-refractivity contribution in [2.75, 3.05) is 46.4 Å². The third kappa shape index (κ3) is 4.97. The van der Waals surface area contributed by atoms with Crippen LogP contribution < -0.4 is 5.73 Å². The van der Waals surface area contributed by atoms with Gasteiger partial charge < -0.3 is 15.4 Å². The van der Waals surface area contributed by atoms with Gasteiger partial charge in [0.15, 0.2) is 0 Å². The van der Waals surface area contributed by atoms with Crippen molar-refractivity contribution in [1.29, 1.82) is 0 Å². The van der Waals surface area contributed by atoms with Crippen LogP contribution in [0.25, 0.3) is 0 Å². The van der Waals surface area contributed by atoms with Gasteiger partial charge in [-0.05, 0) is 7.05 Å². The van der Waals surface area contributed by atoms with Gasteiger partial charge in [-0.25, -0.2) is 0 Å². The number of nitrogens with two attached hydrogens (primary N) is 1. The van der Waals surface area contributed by atoms with Crippen LogP contribution in [-0.2, 0) is 9.53 Å². The third-order valence-corrected chi connectivity index (χ3v) is 3.24. The molecule has 1 aliphatic heterocycles. The SMILES string of the molecule is CC(CN(C)CC(=O)N1CCOCC1)C(N)=S. The van der Waals surface area contributed by atoms with Crippen LogP contribution in [0.5, 0.6) is 0 Å². The molecule has 0 radical (unpaired) electrons. The number of morpholine rings is 1. The van der Waals surface area contributed by atoms with Crippen LogP contribution in [0, 0.1) is 5.92 Å². The summed E-state index contributed by atoms with van der Waals surface area (Å²) in [6.07, 6.45) is 0. The van der Waals surface area contributed by atoms with Crippen molar-refractivity contribution < 1.29 is 9.53 Å². The van der Waals surface area contributed by atoms with E-state index < -0.39 is 0 Å². The Hall–Kier alpha value is -0.720. The smallest absolute Gasteiger partial charge is 0.236 e. The largest absolute Gasteiger partial charge is 0.393 e. The Labute approximate surface area is 108 Å². The third-order valence-electron chi connectivity index (χ3n) is 2.84. The maximum atomic E-state index is 11.9. The zero-order valence-corrected chi connectivity index (χ0v) is 11.3. The van der Waals surface area contributed by atoms with Gasteiger partial charge in [-0.15, -0.1) is 0 Å². The average molecular weight is 259 g/mol. The molecule has 0 spiro atoms. The predicted molar refractivity (Wildman–Crippen MR) is 70.8 cm³/mol. The molecule has 1 aliphatic rings. The van der Waals surface area contributed by atoms with Gasteiger partial charge in [0.05, 0.1) is 24.7 Å². The van der Waals surface area contributed by atoms with Crippen molar-refractivity contribution in [3.8, 4) is 0 Å². The number of hydrogen-bond acceptors (Lipinski definition) is 4. The van der Waals surface area contributed by atoms with E-state index in [9.17, 15) is 4.79 Å². The lowest BCUT2D eigenvalue weighted by Crippen LogP contribution is -2.46. The van der Waals surface area contributed by atoms with Crippen molar-refractivity contribution in [3.63, 3.8) is 0 Å². The number of likely N-dealkylation sites (N-methyl/N-ethyl adjacent to an activating group) is 1. The van der Waals surface area contributed by atoms with Gasteiger partial charge in [-0.2, -0.15) is 0 Å². The fourth-order valence-electron chi connectivity index (χ4n) is 1.77. The van der Waals surface area contributed by atoms with Crippen LogP contribution in [0.1, 0.15) is 6.92 Å². The second-order valence-corrected chi connectivity index (χ2v) is 4.96. The van der Waals surface area contributed by atoms with E-state index in [0.29, 0.717) is 44.4 Å². The minimum Gasteiger partial charge on any atom is -0.393 e. The molecular weight excluding hydrogens is 238 g/mol. The van der Waals surface area contributed by atoms with E-state index in [1.165, 1.54) is 0 Å². The fourth-order valence-corrected chi connectivity index (χ4v) is 1.84. The molecule has 1 unspecified atom stereocenters. The molecule has 1 heterocycles. The highest BCUT2D eigenvalue weighted by atomic mass is 32.1. The Morgan fingerprint density at radius 2 is 2.12 bits per heavy atom.